The molecule has 28 heavy (non-hydrogen) atoms. The zero-order chi connectivity index (χ0) is 19.1. The Morgan fingerprint density at radius 1 is 1.07 bits per heavy atom. The number of rotatable bonds is 2. The van der Waals surface area contributed by atoms with Crippen LogP contribution in [0.3, 0.4) is 0 Å². The summed E-state index contributed by atoms with van der Waals surface area (Å²) in [7, 11) is 0. The van der Waals surface area contributed by atoms with E-state index >= 15 is 0 Å². The standard InChI is InChI=1S/C23H22ClN3O/c1-15-6-5-11-27(13-15)23-25-21(16-7-4-8-17(24)12-16)19-14-28-20-10-3-2-9-18(20)22(19)26-23/h2-4,7-10,12,15H,5-6,11,13-14H2,1H3. The highest BCUT2D eigenvalue weighted by atomic mass is 35.5. The number of benzene rings is 2. The fourth-order valence-electron chi connectivity index (χ4n) is 4.16. The van der Waals surface area contributed by atoms with Crippen molar-refractivity contribution >= 4 is 17.5 Å². The summed E-state index contributed by atoms with van der Waals surface area (Å²) in [6, 6.07) is 16.0. The molecule has 5 heteroatoms. The smallest absolute Gasteiger partial charge is 0.226 e. The molecule has 0 spiro atoms. The molecule has 0 amide bonds. The molecule has 3 heterocycles. The van der Waals surface area contributed by atoms with E-state index < -0.39 is 0 Å². The molecule has 0 aliphatic carbocycles. The predicted octanol–water partition coefficient (Wildman–Crippen LogP) is 5.59. The highest BCUT2D eigenvalue weighted by molar-refractivity contribution is 6.30. The summed E-state index contributed by atoms with van der Waals surface area (Å²) in [6.07, 6.45) is 2.44. The lowest BCUT2D eigenvalue weighted by atomic mass is 9.97. The summed E-state index contributed by atoms with van der Waals surface area (Å²) in [5, 5.41) is 0.704. The predicted molar refractivity (Wildman–Crippen MR) is 113 cm³/mol. The van der Waals surface area contributed by atoms with Gasteiger partial charge in [0.15, 0.2) is 0 Å². The van der Waals surface area contributed by atoms with Crippen LogP contribution in [-0.2, 0) is 6.61 Å². The molecule has 142 valence electrons. The molecule has 0 N–H and O–H groups in total. The third-order valence-corrected chi connectivity index (χ3v) is 5.78. The monoisotopic (exact) mass is 391 g/mol. The van der Waals surface area contributed by atoms with Crippen molar-refractivity contribution in [3.05, 3.63) is 59.1 Å². The van der Waals surface area contributed by atoms with Gasteiger partial charge in [-0.1, -0.05) is 42.8 Å². The normalized spacial score (nSPS) is 18.2. The van der Waals surface area contributed by atoms with Crippen molar-refractivity contribution in [1.29, 1.82) is 0 Å². The minimum atomic E-state index is 0.463. The van der Waals surface area contributed by atoms with E-state index in [4.69, 9.17) is 26.3 Å². The van der Waals surface area contributed by atoms with Crippen LogP contribution in [0.4, 0.5) is 5.95 Å². The van der Waals surface area contributed by atoms with Crippen molar-refractivity contribution in [3.8, 4) is 28.3 Å². The summed E-state index contributed by atoms with van der Waals surface area (Å²) >= 11 is 6.28. The summed E-state index contributed by atoms with van der Waals surface area (Å²) in [5.41, 5.74) is 4.94. The van der Waals surface area contributed by atoms with Gasteiger partial charge in [-0.15, -0.1) is 0 Å². The van der Waals surface area contributed by atoms with Gasteiger partial charge in [-0.25, -0.2) is 9.97 Å². The quantitative estimate of drug-likeness (QED) is 0.570. The summed E-state index contributed by atoms with van der Waals surface area (Å²) < 4.78 is 6.02. The Morgan fingerprint density at radius 2 is 1.93 bits per heavy atom. The van der Waals surface area contributed by atoms with E-state index in [0.717, 1.165) is 52.9 Å². The fourth-order valence-corrected chi connectivity index (χ4v) is 4.35. The second kappa shape index (κ2) is 7.10. The third kappa shape index (κ3) is 3.12. The van der Waals surface area contributed by atoms with Gasteiger partial charge in [0.2, 0.25) is 5.95 Å². The van der Waals surface area contributed by atoms with Crippen LogP contribution in [0.25, 0.3) is 22.5 Å². The Morgan fingerprint density at radius 3 is 2.79 bits per heavy atom. The highest BCUT2D eigenvalue weighted by Gasteiger charge is 2.27. The second-order valence-corrected chi connectivity index (χ2v) is 8.12. The molecule has 1 saturated heterocycles. The van der Waals surface area contributed by atoms with Crippen molar-refractivity contribution in [2.24, 2.45) is 5.92 Å². The SMILES string of the molecule is CC1CCCN(c2nc(-c3cccc(Cl)c3)c3c(n2)-c2ccccc2OC3)C1. The number of piperidine rings is 1. The molecular formula is C23H22ClN3O. The Kier molecular flexibility index (Phi) is 4.44. The van der Waals surface area contributed by atoms with E-state index in [2.05, 4.69) is 24.0 Å². The summed E-state index contributed by atoms with van der Waals surface area (Å²) in [5.74, 6) is 2.33. The van der Waals surface area contributed by atoms with Crippen LogP contribution in [0.5, 0.6) is 5.75 Å². The third-order valence-electron chi connectivity index (χ3n) is 5.55. The molecule has 3 aromatic rings. The van der Waals surface area contributed by atoms with Crippen molar-refractivity contribution in [2.75, 3.05) is 18.0 Å². The molecule has 0 bridgehead atoms. The highest BCUT2D eigenvalue weighted by Crippen LogP contribution is 2.41. The van der Waals surface area contributed by atoms with Gasteiger partial charge in [-0.05, 0) is 43.0 Å². The second-order valence-electron chi connectivity index (χ2n) is 7.69. The number of ether oxygens (including phenoxy) is 1. The van der Waals surface area contributed by atoms with Crippen molar-refractivity contribution in [1.82, 2.24) is 9.97 Å². The lowest BCUT2D eigenvalue weighted by molar-refractivity contribution is 0.301. The molecule has 0 radical (unpaired) electrons. The first kappa shape index (κ1) is 17.5. The molecule has 1 aromatic heterocycles. The molecular weight excluding hydrogens is 370 g/mol. The zero-order valence-electron chi connectivity index (χ0n) is 15.9. The van der Waals surface area contributed by atoms with Crippen molar-refractivity contribution in [2.45, 2.75) is 26.4 Å². The van der Waals surface area contributed by atoms with Crippen LogP contribution in [0, 0.1) is 5.92 Å². The van der Waals surface area contributed by atoms with Crippen LogP contribution in [-0.4, -0.2) is 23.1 Å². The first-order chi connectivity index (χ1) is 13.7. The van der Waals surface area contributed by atoms with Gasteiger partial charge in [-0.3, -0.25) is 0 Å². The van der Waals surface area contributed by atoms with Gasteiger partial charge in [-0.2, -0.15) is 0 Å². The topological polar surface area (TPSA) is 38.2 Å². The lowest BCUT2D eigenvalue weighted by Crippen LogP contribution is -2.35. The number of para-hydroxylation sites is 1. The van der Waals surface area contributed by atoms with Gasteiger partial charge in [0.25, 0.3) is 0 Å². The zero-order valence-corrected chi connectivity index (χ0v) is 16.6. The maximum absolute atomic E-state index is 6.28. The summed E-state index contributed by atoms with van der Waals surface area (Å²) in [6.45, 7) is 4.75. The Labute approximate surface area is 170 Å². The Bertz CT molecular complexity index is 1040. The van der Waals surface area contributed by atoms with E-state index in [0.29, 0.717) is 17.5 Å². The van der Waals surface area contributed by atoms with Gasteiger partial charge in [0, 0.05) is 34.8 Å². The first-order valence-corrected chi connectivity index (χ1v) is 10.2. The number of hydrogen-bond acceptors (Lipinski definition) is 4. The van der Waals surface area contributed by atoms with Gasteiger partial charge < -0.3 is 9.64 Å². The lowest BCUT2D eigenvalue weighted by Gasteiger charge is -2.32. The number of aromatic nitrogens is 2. The molecule has 2 aliphatic rings. The molecule has 5 rings (SSSR count). The van der Waals surface area contributed by atoms with Crippen LogP contribution >= 0.6 is 11.6 Å². The van der Waals surface area contributed by atoms with Crippen molar-refractivity contribution in [3.63, 3.8) is 0 Å². The minimum Gasteiger partial charge on any atom is -0.488 e. The molecule has 1 atom stereocenters. The largest absolute Gasteiger partial charge is 0.488 e. The number of anilines is 1. The van der Waals surface area contributed by atoms with Crippen LogP contribution < -0.4 is 9.64 Å². The van der Waals surface area contributed by atoms with E-state index in [-0.39, 0.29) is 0 Å². The average Bonchev–Trinajstić information content (AvgIpc) is 2.73. The summed E-state index contributed by atoms with van der Waals surface area (Å²) in [4.78, 5) is 12.3. The maximum atomic E-state index is 6.28. The van der Waals surface area contributed by atoms with E-state index in [1.807, 2.05) is 36.4 Å². The first-order valence-electron chi connectivity index (χ1n) is 9.83. The van der Waals surface area contributed by atoms with Gasteiger partial charge in [0.1, 0.15) is 12.4 Å². The molecule has 2 aromatic carbocycles. The van der Waals surface area contributed by atoms with E-state index in [1.165, 1.54) is 12.8 Å². The maximum Gasteiger partial charge on any atom is 0.226 e. The van der Waals surface area contributed by atoms with E-state index in [1.54, 1.807) is 0 Å². The molecule has 1 fully saturated rings. The number of halogens is 1. The molecule has 2 aliphatic heterocycles. The number of fused-ring (bicyclic) bond motifs is 3. The van der Waals surface area contributed by atoms with Crippen LogP contribution in [0.1, 0.15) is 25.3 Å². The van der Waals surface area contributed by atoms with Gasteiger partial charge >= 0.3 is 0 Å². The molecule has 1 unspecified atom stereocenters. The minimum absolute atomic E-state index is 0.463. The number of nitrogens with zero attached hydrogens (tertiary/aromatic N) is 3. The molecule has 0 saturated carbocycles. The van der Waals surface area contributed by atoms with Crippen LogP contribution in [0.15, 0.2) is 48.5 Å². The molecule has 4 nitrogen and oxygen atoms in total. The van der Waals surface area contributed by atoms with Crippen molar-refractivity contribution < 1.29 is 4.74 Å². The fraction of sp³-hybridized carbons (Fsp3) is 0.304. The average molecular weight is 392 g/mol. The van der Waals surface area contributed by atoms with Gasteiger partial charge in [0.05, 0.1) is 11.4 Å². The number of hydrogen-bond donors (Lipinski definition) is 0. The Hall–Kier alpha value is -2.59. The van der Waals surface area contributed by atoms with E-state index in [9.17, 15) is 0 Å². The Balaban J connectivity index is 1.71. The van der Waals surface area contributed by atoms with Crippen LogP contribution in [0.2, 0.25) is 5.02 Å².